The summed E-state index contributed by atoms with van der Waals surface area (Å²) >= 11 is 6.00. The maximum absolute atomic E-state index is 12.4. The SMILES string of the molecule is COc1ccc(Cl)cc1N(C)C(=O)Cc1cnccc1C. The van der Waals surface area contributed by atoms with Crippen LogP contribution in [0.1, 0.15) is 11.1 Å². The molecule has 21 heavy (non-hydrogen) atoms. The highest BCUT2D eigenvalue weighted by molar-refractivity contribution is 6.31. The normalized spacial score (nSPS) is 10.3. The van der Waals surface area contributed by atoms with Gasteiger partial charge < -0.3 is 9.64 Å². The summed E-state index contributed by atoms with van der Waals surface area (Å²) in [6.45, 7) is 1.96. The lowest BCUT2D eigenvalue weighted by atomic mass is 10.1. The van der Waals surface area contributed by atoms with Gasteiger partial charge in [0.05, 0.1) is 19.2 Å². The average Bonchev–Trinajstić information content (AvgIpc) is 2.48. The number of methoxy groups -OCH3 is 1. The van der Waals surface area contributed by atoms with Crippen LogP contribution in [-0.2, 0) is 11.2 Å². The molecule has 0 saturated carbocycles. The Hall–Kier alpha value is -2.07. The molecule has 0 saturated heterocycles. The van der Waals surface area contributed by atoms with E-state index in [9.17, 15) is 4.79 Å². The molecule has 1 aromatic carbocycles. The molecule has 0 aliphatic rings. The number of ether oxygens (including phenoxy) is 1. The van der Waals surface area contributed by atoms with Gasteiger partial charge in [-0.3, -0.25) is 9.78 Å². The van der Waals surface area contributed by atoms with Gasteiger partial charge in [0.25, 0.3) is 0 Å². The van der Waals surface area contributed by atoms with Crippen molar-refractivity contribution in [2.75, 3.05) is 19.1 Å². The summed E-state index contributed by atoms with van der Waals surface area (Å²) in [6.07, 6.45) is 3.72. The fraction of sp³-hybridized carbons (Fsp3) is 0.250. The van der Waals surface area contributed by atoms with Crippen LogP contribution in [0, 0.1) is 6.92 Å². The lowest BCUT2D eigenvalue weighted by Gasteiger charge is -2.20. The molecule has 1 heterocycles. The third-order valence-electron chi connectivity index (χ3n) is 3.37. The Morgan fingerprint density at radius 1 is 1.38 bits per heavy atom. The van der Waals surface area contributed by atoms with E-state index >= 15 is 0 Å². The molecule has 2 aromatic rings. The second-order valence-corrected chi connectivity index (χ2v) is 5.18. The van der Waals surface area contributed by atoms with Crippen molar-refractivity contribution in [1.82, 2.24) is 4.98 Å². The highest BCUT2D eigenvalue weighted by atomic mass is 35.5. The predicted octanol–water partition coefficient (Wildman–Crippen LogP) is 3.26. The van der Waals surface area contributed by atoms with Crippen LogP contribution in [0.25, 0.3) is 0 Å². The minimum absolute atomic E-state index is 0.0494. The average molecular weight is 305 g/mol. The quantitative estimate of drug-likeness (QED) is 0.870. The first kappa shape index (κ1) is 15.3. The Kier molecular flexibility index (Phi) is 4.81. The zero-order valence-corrected chi connectivity index (χ0v) is 13.0. The number of anilines is 1. The predicted molar refractivity (Wildman–Crippen MR) is 84.1 cm³/mol. The molecule has 2 rings (SSSR count). The van der Waals surface area contributed by atoms with Crippen LogP contribution in [-0.4, -0.2) is 25.0 Å². The highest BCUT2D eigenvalue weighted by Crippen LogP contribution is 2.30. The first-order valence-electron chi connectivity index (χ1n) is 6.52. The monoisotopic (exact) mass is 304 g/mol. The van der Waals surface area contributed by atoms with E-state index in [1.54, 1.807) is 49.7 Å². The van der Waals surface area contributed by atoms with Gasteiger partial charge in [0, 0.05) is 24.5 Å². The highest BCUT2D eigenvalue weighted by Gasteiger charge is 2.17. The van der Waals surface area contributed by atoms with E-state index in [1.807, 2.05) is 13.0 Å². The minimum Gasteiger partial charge on any atom is -0.495 e. The van der Waals surface area contributed by atoms with Gasteiger partial charge in [-0.05, 0) is 42.3 Å². The van der Waals surface area contributed by atoms with Crippen LogP contribution in [0.4, 0.5) is 5.69 Å². The number of pyridine rings is 1. The standard InChI is InChI=1S/C16H17ClN2O2/c1-11-6-7-18-10-12(11)8-16(20)19(2)14-9-13(17)4-5-15(14)21-3/h4-7,9-10H,8H2,1-3H3. The summed E-state index contributed by atoms with van der Waals surface area (Å²) in [5, 5.41) is 0.558. The number of likely N-dealkylation sites (N-methyl/N-ethyl adjacent to an activating group) is 1. The van der Waals surface area contributed by atoms with Crippen molar-refractivity contribution >= 4 is 23.2 Å². The number of aromatic nitrogens is 1. The molecule has 4 nitrogen and oxygen atoms in total. The molecule has 5 heteroatoms. The van der Waals surface area contributed by atoms with E-state index in [1.165, 1.54) is 0 Å². The number of hydrogen-bond acceptors (Lipinski definition) is 3. The number of aryl methyl sites for hydroxylation is 1. The summed E-state index contributed by atoms with van der Waals surface area (Å²) < 4.78 is 5.28. The van der Waals surface area contributed by atoms with Crippen molar-refractivity contribution in [3.63, 3.8) is 0 Å². The molecular weight excluding hydrogens is 288 g/mol. The van der Waals surface area contributed by atoms with E-state index < -0.39 is 0 Å². The fourth-order valence-electron chi connectivity index (χ4n) is 2.02. The van der Waals surface area contributed by atoms with Gasteiger partial charge in [-0.25, -0.2) is 0 Å². The van der Waals surface area contributed by atoms with Gasteiger partial charge in [-0.1, -0.05) is 11.6 Å². The molecule has 110 valence electrons. The maximum Gasteiger partial charge on any atom is 0.231 e. The van der Waals surface area contributed by atoms with Gasteiger partial charge in [0.1, 0.15) is 5.75 Å². The van der Waals surface area contributed by atoms with Gasteiger partial charge in [0.15, 0.2) is 0 Å². The second kappa shape index (κ2) is 6.59. The topological polar surface area (TPSA) is 42.4 Å². The summed E-state index contributed by atoms with van der Waals surface area (Å²) in [4.78, 5) is 18.1. The third kappa shape index (κ3) is 3.52. The van der Waals surface area contributed by atoms with E-state index in [-0.39, 0.29) is 12.3 Å². The van der Waals surface area contributed by atoms with Crippen LogP contribution < -0.4 is 9.64 Å². The summed E-state index contributed by atoms with van der Waals surface area (Å²) in [7, 11) is 3.28. The number of hydrogen-bond donors (Lipinski definition) is 0. The summed E-state index contributed by atoms with van der Waals surface area (Å²) in [5.41, 5.74) is 2.61. The lowest BCUT2D eigenvalue weighted by Crippen LogP contribution is -2.28. The Bertz CT molecular complexity index is 658. The van der Waals surface area contributed by atoms with Crippen LogP contribution in [0.3, 0.4) is 0 Å². The number of carbonyl (C=O) groups excluding carboxylic acids is 1. The van der Waals surface area contributed by atoms with Crippen molar-refractivity contribution in [3.8, 4) is 5.75 Å². The molecule has 0 radical (unpaired) electrons. The molecule has 0 aliphatic heterocycles. The zero-order valence-electron chi connectivity index (χ0n) is 12.3. The molecule has 0 aliphatic carbocycles. The minimum atomic E-state index is -0.0494. The molecular formula is C16H17ClN2O2. The Morgan fingerprint density at radius 2 is 2.14 bits per heavy atom. The maximum atomic E-state index is 12.4. The number of benzene rings is 1. The molecule has 0 atom stereocenters. The van der Waals surface area contributed by atoms with Crippen LogP contribution in [0.15, 0.2) is 36.7 Å². The molecule has 1 amide bonds. The van der Waals surface area contributed by atoms with E-state index in [0.717, 1.165) is 11.1 Å². The van der Waals surface area contributed by atoms with Crippen molar-refractivity contribution in [2.45, 2.75) is 13.3 Å². The largest absolute Gasteiger partial charge is 0.495 e. The molecule has 0 bridgehead atoms. The second-order valence-electron chi connectivity index (χ2n) is 4.75. The number of rotatable bonds is 4. The molecule has 0 unspecified atom stereocenters. The van der Waals surface area contributed by atoms with Gasteiger partial charge in [-0.2, -0.15) is 0 Å². The van der Waals surface area contributed by atoms with Crippen molar-refractivity contribution in [1.29, 1.82) is 0 Å². The fourth-order valence-corrected chi connectivity index (χ4v) is 2.19. The van der Waals surface area contributed by atoms with Gasteiger partial charge >= 0.3 is 0 Å². The Balaban J connectivity index is 2.24. The van der Waals surface area contributed by atoms with E-state index in [2.05, 4.69) is 4.98 Å². The van der Waals surface area contributed by atoms with Crippen LogP contribution in [0.2, 0.25) is 5.02 Å². The van der Waals surface area contributed by atoms with Crippen molar-refractivity contribution < 1.29 is 9.53 Å². The van der Waals surface area contributed by atoms with Crippen LogP contribution >= 0.6 is 11.6 Å². The molecule has 0 N–H and O–H groups in total. The number of nitrogens with zero attached hydrogens (tertiary/aromatic N) is 2. The number of amides is 1. The van der Waals surface area contributed by atoms with E-state index in [0.29, 0.717) is 16.5 Å². The van der Waals surface area contributed by atoms with Gasteiger partial charge in [0.2, 0.25) is 5.91 Å². The zero-order chi connectivity index (χ0) is 15.4. The Labute approximate surface area is 129 Å². The lowest BCUT2D eigenvalue weighted by molar-refractivity contribution is -0.117. The van der Waals surface area contributed by atoms with Gasteiger partial charge in [-0.15, -0.1) is 0 Å². The van der Waals surface area contributed by atoms with Crippen molar-refractivity contribution in [3.05, 3.63) is 52.8 Å². The summed E-state index contributed by atoms with van der Waals surface area (Å²) in [5.74, 6) is 0.560. The van der Waals surface area contributed by atoms with Crippen molar-refractivity contribution in [2.24, 2.45) is 0 Å². The van der Waals surface area contributed by atoms with Crippen LogP contribution in [0.5, 0.6) is 5.75 Å². The smallest absolute Gasteiger partial charge is 0.231 e. The Morgan fingerprint density at radius 3 is 2.81 bits per heavy atom. The number of halogens is 1. The number of carbonyl (C=O) groups is 1. The van der Waals surface area contributed by atoms with E-state index in [4.69, 9.17) is 16.3 Å². The third-order valence-corrected chi connectivity index (χ3v) is 3.60. The first-order chi connectivity index (χ1) is 10.0. The molecule has 1 aromatic heterocycles. The summed E-state index contributed by atoms with van der Waals surface area (Å²) in [6, 6.07) is 7.08. The molecule has 0 fully saturated rings. The first-order valence-corrected chi connectivity index (χ1v) is 6.90. The molecule has 0 spiro atoms.